The van der Waals surface area contributed by atoms with Crippen LogP contribution in [-0.2, 0) is 6.61 Å². The maximum Gasteiger partial charge on any atom is 0.161 e. The van der Waals surface area contributed by atoms with Gasteiger partial charge in [-0.3, -0.25) is 4.99 Å². The molecular weight excluding hydrogens is 346 g/mol. The summed E-state index contributed by atoms with van der Waals surface area (Å²) in [4.78, 5) is 4.53. The third kappa shape index (κ3) is 4.64. The fourth-order valence-electron chi connectivity index (χ4n) is 2.48. The van der Waals surface area contributed by atoms with Crippen molar-refractivity contribution in [3.05, 3.63) is 88.4 Å². The van der Waals surface area contributed by atoms with Crippen LogP contribution in [0.4, 0.5) is 5.69 Å². The summed E-state index contributed by atoms with van der Waals surface area (Å²) in [6.07, 6.45) is 1.79. The molecule has 3 aromatic carbocycles. The van der Waals surface area contributed by atoms with Gasteiger partial charge in [0.15, 0.2) is 11.5 Å². The molecule has 0 unspecified atom stereocenters. The van der Waals surface area contributed by atoms with E-state index in [0.717, 1.165) is 22.4 Å². The van der Waals surface area contributed by atoms with Crippen molar-refractivity contribution in [1.82, 2.24) is 0 Å². The first-order valence-corrected chi connectivity index (χ1v) is 8.68. The van der Waals surface area contributed by atoms with Crippen LogP contribution in [0, 0.1) is 6.92 Å². The molecule has 0 spiro atoms. The zero-order valence-electron chi connectivity index (χ0n) is 14.8. The summed E-state index contributed by atoms with van der Waals surface area (Å²) in [7, 11) is 1.63. The maximum absolute atomic E-state index is 6.04. The standard InChI is InChI=1S/C22H20ClNO2/c1-16-8-10-19(23)13-20(16)24-14-18-9-11-21(22(12-18)25-2)26-15-17-6-4-3-5-7-17/h3-14H,15H2,1-2H3. The second kappa shape index (κ2) is 8.54. The van der Waals surface area contributed by atoms with Gasteiger partial charge in [0.25, 0.3) is 0 Å². The smallest absolute Gasteiger partial charge is 0.161 e. The minimum atomic E-state index is 0.492. The van der Waals surface area contributed by atoms with Gasteiger partial charge < -0.3 is 9.47 Å². The summed E-state index contributed by atoms with van der Waals surface area (Å²) in [5.41, 5.74) is 3.95. The average Bonchev–Trinajstić information content (AvgIpc) is 2.68. The lowest BCUT2D eigenvalue weighted by atomic mass is 10.2. The Hall–Kier alpha value is -2.78. The molecule has 0 atom stereocenters. The van der Waals surface area contributed by atoms with E-state index in [9.17, 15) is 0 Å². The van der Waals surface area contributed by atoms with Crippen LogP contribution in [0.25, 0.3) is 0 Å². The topological polar surface area (TPSA) is 30.8 Å². The number of rotatable bonds is 6. The van der Waals surface area contributed by atoms with Crippen molar-refractivity contribution < 1.29 is 9.47 Å². The Balaban J connectivity index is 1.75. The van der Waals surface area contributed by atoms with Gasteiger partial charge in [0.2, 0.25) is 0 Å². The summed E-state index contributed by atoms with van der Waals surface area (Å²) in [5, 5.41) is 0.671. The summed E-state index contributed by atoms with van der Waals surface area (Å²) in [6, 6.07) is 21.4. The van der Waals surface area contributed by atoms with Crippen LogP contribution in [0.15, 0.2) is 71.7 Å². The Morgan fingerprint density at radius 3 is 2.54 bits per heavy atom. The van der Waals surface area contributed by atoms with Gasteiger partial charge in [-0.15, -0.1) is 0 Å². The van der Waals surface area contributed by atoms with E-state index in [0.29, 0.717) is 23.1 Å². The maximum atomic E-state index is 6.04. The van der Waals surface area contributed by atoms with Crippen LogP contribution >= 0.6 is 11.6 Å². The van der Waals surface area contributed by atoms with Gasteiger partial charge in [-0.2, -0.15) is 0 Å². The van der Waals surface area contributed by atoms with E-state index in [1.54, 1.807) is 13.3 Å². The number of benzene rings is 3. The molecule has 0 saturated carbocycles. The van der Waals surface area contributed by atoms with E-state index in [1.165, 1.54) is 0 Å². The highest BCUT2D eigenvalue weighted by Gasteiger charge is 2.06. The second-order valence-electron chi connectivity index (χ2n) is 5.87. The summed E-state index contributed by atoms with van der Waals surface area (Å²) in [6.45, 7) is 2.50. The number of hydrogen-bond donors (Lipinski definition) is 0. The van der Waals surface area contributed by atoms with Crippen LogP contribution in [0.3, 0.4) is 0 Å². The van der Waals surface area contributed by atoms with Gasteiger partial charge in [0, 0.05) is 11.2 Å². The molecule has 0 heterocycles. The molecule has 132 valence electrons. The van der Waals surface area contributed by atoms with Crippen molar-refractivity contribution in [2.75, 3.05) is 7.11 Å². The average molecular weight is 366 g/mol. The monoisotopic (exact) mass is 365 g/mol. The number of methoxy groups -OCH3 is 1. The number of ether oxygens (including phenoxy) is 2. The zero-order chi connectivity index (χ0) is 18.4. The number of halogens is 1. The van der Waals surface area contributed by atoms with Crippen LogP contribution in [-0.4, -0.2) is 13.3 Å². The third-order valence-electron chi connectivity index (χ3n) is 3.95. The highest BCUT2D eigenvalue weighted by molar-refractivity contribution is 6.30. The number of aryl methyl sites for hydroxylation is 1. The molecule has 3 rings (SSSR count). The quantitative estimate of drug-likeness (QED) is 0.502. The lowest BCUT2D eigenvalue weighted by Gasteiger charge is -2.11. The van der Waals surface area contributed by atoms with Gasteiger partial charge in [-0.25, -0.2) is 0 Å². The van der Waals surface area contributed by atoms with E-state index in [2.05, 4.69) is 4.99 Å². The highest BCUT2D eigenvalue weighted by Crippen LogP contribution is 2.29. The molecule has 0 saturated heterocycles. The van der Waals surface area contributed by atoms with Gasteiger partial charge in [0.05, 0.1) is 12.8 Å². The van der Waals surface area contributed by atoms with Crippen molar-refractivity contribution in [2.45, 2.75) is 13.5 Å². The molecule has 3 aromatic rings. The van der Waals surface area contributed by atoms with Crippen molar-refractivity contribution in [1.29, 1.82) is 0 Å². The van der Waals surface area contributed by atoms with Gasteiger partial charge in [-0.1, -0.05) is 48.0 Å². The zero-order valence-corrected chi connectivity index (χ0v) is 15.5. The van der Waals surface area contributed by atoms with E-state index < -0.39 is 0 Å². The SMILES string of the molecule is COc1cc(C=Nc2cc(Cl)ccc2C)ccc1OCc1ccccc1. The van der Waals surface area contributed by atoms with Crippen LogP contribution < -0.4 is 9.47 Å². The van der Waals surface area contributed by atoms with Crippen molar-refractivity contribution in [2.24, 2.45) is 4.99 Å². The molecule has 26 heavy (non-hydrogen) atoms. The Labute approximate surface area is 158 Å². The Bertz CT molecular complexity index is 907. The predicted molar refractivity (Wildman–Crippen MR) is 107 cm³/mol. The highest BCUT2D eigenvalue weighted by atomic mass is 35.5. The van der Waals surface area contributed by atoms with Gasteiger partial charge >= 0.3 is 0 Å². The van der Waals surface area contributed by atoms with E-state index >= 15 is 0 Å². The molecule has 0 aromatic heterocycles. The minimum absolute atomic E-state index is 0.492. The first-order valence-electron chi connectivity index (χ1n) is 8.30. The van der Waals surface area contributed by atoms with Crippen LogP contribution in [0.2, 0.25) is 5.02 Å². The number of hydrogen-bond acceptors (Lipinski definition) is 3. The Morgan fingerprint density at radius 1 is 0.962 bits per heavy atom. The molecule has 0 fully saturated rings. The predicted octanol–water partition coefficient (Wildman–Crippen LogP) is 5.99. The lowest BCUT2D eigenvalue weighted by Crippen LogP contribution is -1.98. The molecule has 0 aliphatic rings. The summed E-state index contributed by atoms with van der Waals surface area (Å²) >= 11 is 6.04. The minimum Gasteiger partial charge on any atom is -0.493 e. The summed E-state index contributed by atoms with van der Waals surface area (Å²) in [5.74, 6) is 1.38. The molecule has 3 nitrogen and oxygen atoms in total. The van der Waals surface area contributed by atoms with Gasteiger partial charge in [0.1, 0.15) is 6.61 Å². The Morgan fingerprint density at radius 2 is 1.77 bits per heavy atom. The molecule has 0 amide bonds. The molecule has 4 heteroatoms. The normalized spacial score (nSPS) is 10.9. The van der Waals surface area contributed by atoms with Crippen molar-refractivity contribution >= 4 is 23.5 Å². The lowest BCUT2D eigenvalue weighted by molar-refractivity contribution is 0.284. The fraction of sp³-hybridized carbons (Fsp3) is 0.136. The molecule has 0 N–H and O–H groups in total. The Kier molecular flexibility index (Phi) is 5.92. The molecular formula is C22H20ClNO2. The van der Waals surface area contributed by atoms with E-state index in [4.69, 9.17) is 21.1 Å². The fourth-order valence-corrected chi connectivity index (χ4v) is 2.65. The largest absolute Gasteiger partial charge is 0.493 e. The molecule has 0 bridgehead atoms. The van der Waals surface area contributed by atoms with E-state index in [1.807, 2.05) is 73.7 Å². The molecule has 0 radical (unpaired) electrons. The third-order valence-corrected chi connectivity index (χ3v) is 4.18. The van der Waals surface area contributed by atoms with Crippen LogP contribution in [0.1, 0.15) is 16.7 Å². The molecule has 0 aliphatic carbocycles. The summed E-state index contributed by atoms with van der Waals surface area (Å²) < 4.78 is 11.3. The first kappa shape index (κ1) is 18.0. The second-order valence-corrected chi connectivity index (χ2v) is 6.31. The van der Waals surface area contributed by atoms with Gasteiger partial charge in [-0.05, 0) is 53.9 Å². The number of nitrogens with zero attached hydrogens (tertiary/aromatic N) is 1. The number of aliphatic imine (C=N–C) groups is 1. The van der Waals surface area contributed by atoms with E-state index in [-0.39, 0.29) is 0 Å². The first-order chi connectivity index (χ1) is 12.7. The van der Waals surface area contributed by atoms with Crippen molar-refractivity contribution in [3.63, 3.8) is 0 Å². The molecule has 0 aliphatic heterocycles. The van der Waals surface area contributed by atoms with Crippen molar-refractivity contribution in [3.8, 4) is 11.5 Å². The van der Waals surface area contributed by atoms with Crippen LogP contribution in [0.5, 0.6) is 11.5 Å².